The summed E-state index contributed by atoms with van der Waals surface area (Å²) in [7, 11) is -3.58. The van der Waals surface area contributed by atoms with Gasteiger partial charge in [-0.1, -0.05) is 43.5 Å². The van der Waals surface area contributed by atoms with Gasteiger partial charge in [0, 0.05) is 11.4 Å². The van der Waals surface area contributed by atoms with Gasteiger partial charge in [0.2, 0.25) is 15.9 Å². The highest BCUT2D eigenvalue weighted by Gasteiger charge is 2.26. The number of rotatable bonds is 5. The van der Waals surface area contributed by atoms with Crippen LogP contribution >= 0.6 is 0 Å². The van der Waals surface area contributed by atoms with Crippen LogP contribution in [0.1, 0.15) is 43.2 Å². The van der Waals surface area contributed by atoms with E-state index in [9.17, 15) is 13.2 Å². The minimum Gasteiger partial charge on any atom is -0.352 e. The predicted molar refractivity (Wildman–Crippen MR) is 109 cm³/mol. The van der Waals surface area contributed by atoms with Crippen molar-refractivity contribution in [2.45, 2.75) is 51.0 Å². The molecule has 1 amide bonds. The van der Waals surface area contributed by atoms with E-state index >= 15 is 0 Å². The Hall–Kier alpha value is -2.08. The molecule has 27 heavy (non-hydrogen) atoms. The zero-order valence-corrected chi connectivity index (χ0v) is 16.5. The molecule has 0 aliphatic heterocycles. The number of aryl methyl sites for hydroxylation is 2. The number of sulfonamides is 1. The van der Waals surface area contributed by atoms with Crippen LogP contribution in [0.2, 0.25) is 0 Å². The summed E-state index contributed by atoms with van der Waals surface area (Å²) in [6.07, 6.45) is 8.55. The lowest BCUT2D eigenvalue weighted by atomic mass is 9.95. The summed E-state index contributed by atoms with van der Waals surface area (Å²) in [5, 5.41) is 5.09. The van der Waals surface area contributed by atoms with Crippen molar-refractivity contribution < 1.29 is 13.2 Å². The van der Waals surface area contributed by atoms with Gasteiger partial charge in [0.25, 0.3) is 0 Å². The maximum Gasteiger partial charge on any atom is 0.240 e. The molecular formula is C21H26N2O3S. The zero-order chi connectivity index (χ0) is 19.0. The van der Waals surface area contributed by atoms with Crippen molar-refractivity contribution in [1.29, 1.82) is 0 Å². The third-order valence-corrected chi connectivity index (χ3v) is 6.91. The van der Waals surface area contributed by atoms with Crippen LogP contribution in [0.4, 0.5) is 5.69 Å². The van der Waals surface area contributed by atoms with Crippen molar-refractivity contribution in [2.75, 3.05) is 17.1 Å². The third-order valence-electron chi connectivity index (χ3n) is 5.78. The van der Waals surface area contributed by atoms with E-state index in [0.29, 0.717) is 5.69 Å². The highest BCUT2D eigenvalue weighted by atomic mass is 32.2. The van der Waals surface area contributed by atoms with E-state index in [0.717, 1.165) is 49.3 Å². The topological polar surface area (TPSA) is 66.5 Å². The first-order valence-electron chi connectivity index (χ1n) is 9.74. The van der Waals surface area contributed by atoms with Crippen LogP contribution in [0.5, 0.6) is 0 Å². The quantitative estimate of drug-likeness (QED) is 0.858. The van der Waals surface area contributed by atoms with Gasteiger partial charge in [-0.05, 0) is 48.3 Å². The van der Waals surface area contributed by atoms with Crippen LogP contribution < -0.4 is 9.62 Å². The van der Waals surface area contributed by atoms with Crippen LogP contribution in [-0.4, -0.2) is 33.2 Å². The van der Waals surface area contributed by atoms with Crippen molar-refractivity contribution in [2.24, 2.45) is 0 Å². The van der Waals surface area contributed by atoms with E-state index in [1.54, 1.807) is 0 Å². The number of nitrogens with one attached hydrogen (secondary N) is 1. The normalized spacial score (nSPS) is 17.2. The number of carbonyl (C=O) groups is 1. The first kappa shape index (κ1) is 18.3. The van der Waals surface area contributed by atoms with Crippen molar-refractivity contribution >= 4 is 32.4 Å². The van der Waals surface area contributed by atoms with Gasteiger partial charge in [-0.3, -0.25) is 9.10 Å². The average molecular weight is 387 g/mol. The van der Waals surface area contributed by atoms with Crippen molar-refractivity contribution in [3.8, 4) is 0 Å². The first-order valence-corrected chi connectivity index (χ1v) is 11.6. The number of benzene rings is 2. The Morgan fingerprint density at radius 2 is 1.78 bits per heavy atom. The predicted octanol–water partition coefficient (Wildman–Crippen LogP) is 3.15. The smallest absolute Gasteiger partial charge is 0.240 e. The summed E-state index contributed by atoms with van der Waals surface area (Å²) < 4.78 is 26.3. The molecule has 144 valence electrons. The lowest BCUT2D eigenvalue weighted by Gasteiger charge is -2.27. The maximum absolute atomic E-state index is 12.6. The van der Waals surface area contributed by atoms with Gasteiger partial charge in [0.05, 0.1) is 11.9 Å². The molecule has 4 rings (SSSR count). The largest absolute Gasteiger partial charge is 0.352 e. The molecule has 0 radical (unpaired) electrons. The van der Waals surface area contributed by atoms with Gasteiger partial charge in [-0.25, -0.2) is 8.42 Å². The van der Waals surface area contributed by atoms with Gasteiger partial charge in [-0.2, -0.15) is 0 Å². The molecule has 0 bridgehead atoms. The average Bonchev–Trinajstić information content (AvgIpc) is 3.06. The minimum absolute atomic E-state index is 0.167. The van der Waals surface area contributed by atoms with Gasteiger partial charge in [-0.15, -0.1) is 0 Å². The highest BCUT2D eigenvalue weighted by molar-refractivity contribution is 7.92. The number of hydrogen-bond acceptors (Lipinski definition) is 3. The van der Waals surface area contributed by atoms with Crippen LogP contribution in [0.15, 0.2) is 30.3 Å². The molecule has 1 saturated carbocycles. The Morgan fingerprint density at radius 1 is 1.07 bits per heavy atom. The number of anilines is 1. The van der Waals surface area contributed by atoms with E-state index in [2.05, 4.69) is 11.4 Å². The van der Waals surface area contributed by atoms with Crippen molar-refractivity contribution in [3.63, 3.8) is 0 Å². The Morgan fingerprint density at radius 3 is 2.48 bits per heavy atom. The number of amides is 1. The summed E-state index contributed by atoms with van der Waals surface area (Å²) in [5.41, 5.74) is 3.10. The molecule has 6 heteroatoms. The van der Waals surface area contributed by atoms with E-state index in [1.807, 2.05) is 24.3 Å². The molecule has 2 aliphatic carbocycles. The van der Waals surface area contributed by atoms with E-state index in [4.69, 9.17) is 0 Å². The Balaban J connectivity index is 1.66. The summed E-state index contributed by atoms with van der Waals surface area (Å²) in [6, 6.07) is 10.1. The van der Waals surface area contributed by atoms with Crippen molar-refractivity contribution in [1.82, 2.24) is 5.32 Å². The molecule has 0 heterocycles. The molecular weight excluding hydrogens is 360 g/mol. The molecule has 2 aromatic rings. The lowest BCUT2D eigenvalue weighted by molar-refractivity contribution is -0.120. The van der Waals surface area contributed by atoms with Gasteiger partial charge in [0.15, 0.2) is 0 Å². The molecule has 0 atom stereocenters. The fourth-order valence-electron chi connectivity index (χ4n) is 4.48. The van der Waals surface area contributed by atoms with Gasteiger partial charge in [0.1, 0.15) is 6.54 Å². The molecule has 2 aliphatic rings. The Bertz CT molecular complexity index is 968. The van der Waals surface area contributed by atoms with Crippen LogP contribution in [-0.2, 0) is 27.7 Å². The molecule has 5 nitrogen and oxygen atoms in total. The maximum atomic E-state index is 12.6. The number of carbonyl (C=O) groups excluding carboxylic acids is 1. The molecule has 0 saturated heterocycles. The SMILES string of the molecule is CS(=O)(=O)N(CC(=O)NC1CCCCC1)c1ccc2c3c(cccc13)CC2. The second-order valence-corrected chi connectivity index (χ2v) is 9.66. The van der Waals surface area contributed by atoms with Crippen LogP contribution in [0.3, 0.4) is 0 Å². The Labute approximate surface area is 160 Å². The van der Waals surface area contributed by atoms with Gasteiger partial charge < -0.3 is 5.32 Å². The van der Waals surface area contributed by atoms with E-state index in [1.165, 1.54) is 28.1 Å². The van der Waals surface area contributed by atoms with E-state index < -0.39 is 10.0 Å². The molecule has 0 unspecified atom stereocenters. The van der Waals surface area contributed by atoms with Crippen LogP contribution in [0.25, 0.3) is 10.8 Å². The monoisotopic (exact) mass is 386 g/mol. The second kappa shape index (κ2) is 7.15. The fourth-order valence-corrected chi connectivity index (χ4v) is 5.35. The highest BCUT2D eigenvalue weighted by Crippen LogP contribution is 2.37. The van der Waals surface area contributed by atoms with E-state index in [-0.39, 0.29) is 18.5 Å². The Kier molecular flexibility index (Phi) is 4.84. The zero-order valence-electron chi connectivity index (χ0n) is 15.7. The summed E-state index contributed by atoms with van der Waals surface area (Å²) >= 11 is 0. The second-order valence-electron chi connectivity index (χ2n) is 7.76. The molecule has 0 spiro atoms. The summed E-state index contributed by atoms with van der Waals surface area (Å²) in [4.78, 5) is 12.6. The summed E-state index contributed by atoms with van der Waals surface area (Å²) in [5.74, 6) is -0.226. The fraction of sp³-hybridized carbons (Fsp3) is 0.476. The standard InChI is InChI=1S/C21H26N2O3S/c1-27(25,26)23(14-20(24)22-17-7-3-2-4-8-17)19-13-12-16-11-10-15-6-5-9-18(19)21(15)16/h5-6,9,12-13,17H,2-4,7-8,10-11,14H2,1H3,(H,22,24). The molecule has 1 N–H and O–H groups in total. The lowest BCUT2D eigenvalue weighted by Crippen LogP contribution is -2.44. The number of nitrogens with zero attached hydrogens (tertiary/aromatic N) is 1. The molecule has 0 aromatic heterocycles. The van der Waals surface area contributed by atoms with Crippen LogP contribution in [0, 0.1) is 0 Å². The molecule has 2 aromatic carbocycles. The number of hydrogen-bond donors (Lipinski definition) is 1. The first-order chi connectivity index (χ1) is 12.9. The van der Waals surface area contributed by atoms with Crippen molar-refractivity contribution in [3.05, 3.63) is 41.5 Å². The third kappa shape index (κ3) is 3.68. The summed E-state index contributed by atoms with van der Waals surface area (Å²) in [6.45, 7) is -0.173. The molecule has 1 fully saturated rings. The minimum atomic E-state index is -3.58. The van der Waals surface area contributed by atoms with Gasteiger partial charge >= 0.3 is 0 Å².